The number of carbonyl (C=O) groups excluding carboxylic acids is 1. The van der Waals surface area contributed by atoms with Crippen LogP contribution in [-0.2, 0) is 4.79 Å². The second-order valence-corrected chi connectivity index (χ2v) is 4.63. The van der Waals surface area contributed by atoms with Crippen LogP contribution in [-0.4, -0.2) is 35.0 Å². The maximum atomic E-state index is 13.8. The quantitative estimate of drug-likeness (QED) is 0.891. The summed E-state index contributed by atoms with van der Waals surface area (Å²) in [6.07, 6.45) is 0.302. The van der Waals surface area contributed by atoms with Crippen LogP contribution in [0, 0.1) is 24.5 Å². The average molecular weight is 269 g/mol. The van der Waals surface area contributed by atoms with E-state index in [1.54, 1.807) is 0 Å². The molecule has 4 nitrogen and oxygen atoms in total. The highest BCUT2D eigenvalue weighted by molar-refractivity contribution is 5.95. The minimum Gasteiger partial charge on any atom is -0.481 e. The minimum absolute atomic E-state index is 0.0129. The first-order chi connectivity index (χ1) is 8.91. The van der Waals surface area contributed by atoms with Crippen molar-refractivity contribution in [1.82, 2.24) is 4.90 Å². The smallest absolute Gasteiger partial charge is 0.308 e. The Bertz CT molecular complexity index is 545. The molecule has 1 aliphatic rings. The number of aliphatic carboxylic acids is 1. The Balaban J connectivity index is 2.27. The molecule has 0 radical (unpaired) electrons. The van der Waals surface area contributed by atoms with Crippen molar-refractivity contribution < 1.29 is 23.5 Å². The van der Waals surface area contributed by atoms with Crippen molar-refractivity contribution in [2.24, 2.45) is 5.92 Å². The number of carboxylic acids is 1. The molecule has 0 spiro atoms. The van der Waals surface area contributed by atoms with Gasteiger partial charge in [-0.15, -0.1) is 0 Å². The van der Waals surface area contributed by atoms with Gasteiger partial charge in [-0.3, -0.25) is 9.59 Å². The van der Waals surface area contributed by atoms with Gasteiger partial charge in [0.05, 0.1) is 5.92 Å². The predicted molar refractivity (Wildman–Crippen MR) is 62.7 cm³/mol. The molecule has 0 bridgehead atoms. The Hall–Kier alpha value is -1.98. The summed E-state index contributed by atoms with van der Waals surface area (Å²) >= 11 is 0. The zero-order valence-corrected chi connectivity index (χ0v) is 10.3. The first kappa shape index (κ1) is 13.5. The van der Waals surface area contributed by atoms with Gasteiger partial charge in [-0.2, -0.15) is 0 Å². The number of carboxylic acid groups (broad SMARTS) is 1. The second kappa shape index (κ2) is 4.95. The molecule has 1 saturated heterocycles. The van der Waals surface area contributed by atoms with Crippen molar-refractivity contribution in [3.63, 3.8) is 0 Å². The molecule has 2 rings (SSSR count). The van der Waals surface area contributed by atoms with Crippen LogP contribution in [0.2, 0.25) is 0 Å². The first-order valence-electron chi connectivity index (χ1n) is 5.88. The van der Waals surface area contributed by atoms with Crippen LogP contribution in [0.4, 0.5) is 8.78 Å². The van der Waals surface area contributed by atoms with E-state index in [4.69, 9.17) is 5.11 Å². The summed E-state index contributed by atoms with van der Waals surface area (Å²) in [6.45, 7) is 1.62. The van der Waals surface area contributed by atoms with Gasteiger partial charge in [-0.1, -0.05) is 6.07 Å². The number of nitrogens with zero attached hydrogens (tertiary/aromatic N) is 1. The van der Waals surface area contributed by atoms with Crippen LogP contribution < -0.4 is 0 Å². The van der Waals surface area contributed by atoms with Crippen molar-refractivity contribution in [3.05, 3.63) is 34.9 Å². The van der Waals surface area contributed by atoms with Crippen LogP contribution in [0.3, 0.4) is 0 Å². The molecule has 1 amide bonds. The third-order valence-corrected chi connectivity index (χ3v) is 3.32. The number of amides is 1. The van der Waals surface area contributed by atoms with Crippen molar-refractivity contribution >= 4 is 11.9 Å². The fourth-order valence-corrected chi connectivity index (χ4v) is 2.16. The number of aryl methyl sites for hydroxylation is 1. The monoisotopic (exact) mass is 269 g/mol. The van der Waals surface area contributed by atoms with E-state index in [0.717, 1.165) is 6.07 Å². The lowest BCUT2D eigenvalue weighted by Crippen LogP contribution is -2.31. The number of rotatable bonds is 2. The summed E-state index contributed by atoms with van der Waals surface area (Å²) in [5.74, 6) is -4.27. The second-order valence-electron chi connectivity index (χ2n) is 4.63. The standard InChI is InChI=1S/C13H13F2NO3/c1-7-2-3-9(14)10(11(7)15)12(17)16-5-4-8(6-16)13(18)19/h2-3,8H,4-6H2,1H3,(H,18,19). The van der Waals surface area contributed by atoms with Gasteiger partial charge in [0.1, 0.15) is 17.2 Å². The van der Waals surface area contributed by atoms with Crippen LogP contribution >= 0.6 is 0 Å². The molecule has 1 N–H and O–H groups in total. The highest BCUT2D eigenvalue weighted by Crippen LogP contribution is 2.23. The van der Waals surface area contributed by atoms with Gasteiger partial charge in [0.15, 0.2) is 0 Å². The van der Waals surface area contributed by atoms with Crippen molar-refractivity contribution in [2.45, 2.75) is 13.3 Å². The van der Waals surface area contributed by atoms with Crippen LogP contribution in [0.1, 0.15) is 22.3 Å². The van der Waals surface area contributed by atoms with Gasteiger partial charge in [0.2, 0.25) is 0 Å². The van der Waals surface area contributed by atoms with E-state index in [9.17, 15) is 18.4 Å². The summed E-state index contributed by atoms with van der Waals surface area (Å²) in [7, 11) is 0. The van der Waals surface area contributed by atoms with Crippen LogP contribution in [0.5, 0.6) is 0 Å². The maximum absolute atomic E-state index is 13.8. The number of benzene rings is 1. The molecule has 1 aromatic carbocycles. The van der Waals surface area contributed by atoms with Gasteiger partial charge < -0.3 is 10.0 Å². The molecule has 0 saturated carbocycles. The van der Waals surface area contributed by atoms with E-state index >= 15 is 0 Å². The molecule has 6 heteroatoms. The Morgan fingerprint density at radius 3 is 2.63 bits per heavy atom. The zero-order chi connectivity index (χ0) is 14.2. The summed E-state index contributed by atoms with van der Waals surface area (Å²) < 4.78 is 27.4. The lowest BCUT2D eigenvalue weighted by Gasteiger charge is -2.17. The molecule has 1 unspecified atom stereocenters. The molecular formula is C13H13F2NO3. The Morgan fingerprint density at radius 1 is 1.37 bits per heavy atom. The van der Waals surface area contributed by atoms with E-state index in [2.05, 4.69) is 0 Å². The third-order valence-electron chi connectivity index (χ3n) is 3.32. The first-order valence-corrected chi connectivity index (χ1v) is 5.88. The Kier molecular flexibility index (Phi) is 3.50. The van der Waals surface area contributed by atoms with Gasteiger partial charge in [0, 0.05) is 13.1 Å². The molecule has 1 aromatic rings. The molecule has 0 aromatic heterocycles. The lowest BCUT2D eigenvalue weighted by atomic mass is 10.1. The normalized spacial score (nSPS) is 18.7. The highest BCUT2D eigenvalue weighted by atomic mass is 19.1. The van der Waals surface area contributed by atoms with Crippen LogP contribution in [0.15, 0.2) is 12.1 Å². The SMILES string of the molecule is Cc1ccc(F)c(C(=O)N2CCC(C(=O)O)C2)c1F. The molecule has 1 atom stereocenters. The minimum atomic E-state index is -1.000. The molecule has 1 heterocycles. The van der Waals surface area contributed by atoms with Gasteiger partial charge in [0.25, 0.3) is 5.91 Å². The molecule has 1 fully saturated rings. The summed E-state index contributed by atoms with van der Waals surface area (Å²) in [4.78, 5) is 24.1. The van der Waals surface area contributed by atoms with Gasteiger partial charge >= 0.3 is 5.97 Å². The van der Waals surface area contributed by atoms with E-state index in [1.165, 1.54) is 17.9 Å². The molecule has 1 aliphatic heterocycles. The summed E-state index contributed by atoms with van der Waals surface area (Å²) in [5, 5.41) is 8.85. The fourth-order valence-electron chi connectivity index (χ4n) is 2.16. The number of likely N-dealkylation sites (tertiary alicyclic amines) is 1. The highest BCUT2D eigenvalue weighted by Gasteiger charge is 2.33. The van der Waals surface area contributed by atoms with Gasteiger partial charge in [-0.05, 0) is 25.0 Å². The fraction of sp³-hybridized carbons (Fsp3) is 0.385. The third kappa shape index (κ3) is 2.43. The largest absolute Gasteiger partial charge is 0.481 e. The molecule has 102 valence electrons. The molecule has 0 aliphatic carbocycles. The molecule has 19 heavy (non-hydrogen) atoms. The average Bonchev–Trinajstić information content (AvgIpc) is 2.84. The van der Waals surface area contributed by atoms with E-state index in [0.29, 0.717) is 6.42 Å². The van der Waals surface area contributed by atoms with Crippen molar-refractivity contribution in [2.75, 3.05) is 13.1 Å². The topological polar surface area (TPSA) is 57.6 Å². The van der Waals surface area contributed by atoms with Gasteiger partial charge in [-0.25, -0.2) is 8.78 Å². The van der Waals surface area contributed by atoms with Crippen LogP contribution in [0.25, 0.3) is 0 Å². The zero-order valence-electron chi connectivity index (χ0n) is 10.3. The predicted octanol–water partition coefficient (Wildman–Crippen LogP) is 1.82. The van der Waals surface area contributed by atoms with Crippen molar-refractivity contribution in [1.29, 1.82) is 0 Å². The van der Waals surface area contributed by atoms with E-state index in [1.807, 2.05) is 0 Å². The molecular weight excluding hydrogens is 256 g/mol. The summed E-state index contributed by atoms with van der Waals surface area (Å²) in [6, 6.07) is 2.29. The maximum Gasteiger partial charge on any atom is 0.308 e. The van der Waals surface area contributed by atoms with E-state index in [-0.39, 0.29) is 18.7 Å². The van der Waals surface area contributed by atoms with Crippen molar-refractivity contribution in [3.8, 4) is 0 Å². The summed E-state index contributed by atoms with van der Waals surface area (Å²) in [5.41, 5.74) is -0.426. The van der Waals surface area contributed by atoms with E-state index < -0.39 is 35.0 Å². The number of hydrogen-bond acceptors (Lipinski definition) is 2. The number of carbonyl (C=O) groups is 2. The number of hydrogen-bond donors (Lipinski definition) is 1. The Labute approximate surface area is 108 Å². The number of halogens is 2. The Morgan fingerprint density at radius 2 is 2.05 bits per heavy atom. The lowest BCUT2D eigenvalue weighted by molar-refractivity contribution is -0.141.